The lowest BCUT2D eigenvalue weighted by molar-refractivity contribution is -0.125. The van der Waals surface area contributed by atoms with Crippen LogP contribution in [0.2, 0.25) is 0 Å². The Kier molecular flexibility index (Phi) is 9.86. The molecule has 304 valence electrons. The summed E-state index contributed by atoms with van der Waals surface area (Å²) in [5.41, 5.74) is -3.34. The molecule has 8 rings (SSSR count). The van der Waals surface area contributed by atoms with Gasteiger partial charge in [-0.1, -0.05) is 0 Å². The molecule has 21 nitrogen and oxygen atoms in total. The maximum absolute atomic E-state index is 13.2. The number of carbonyl (C=O) groups is 1. The summed E-state index contributed by atoms with van der Waals surface area (Å²) in [7, 11) is -4.93. The number of aromatic amines is 2. The third-order valence-electron chi connectivity index (χ3n) is 9.78. The van der Waals surface area contributed by atoms with Gasteiger partial charge in [0.05, 0.1) is 82.8 Å². The van der Waals surface area contributed by atoms with Crippen molar-refractivity contribution in [3.05, 3.63) is 137 Å². The fourth-order valence-electron chi connectivity index (χ4n) is 6.47. The Hall–Kier alpha value is -6.95. The van der Waals surface area contributed by atoms with E-state index in [4.69, 9.17) is 13.1 Å². The lowest BCUT2D eigenvalue weighted by atomic mass is 10.2. The molecule has 4 aromatic heterocycles. The second kappa shape index (κ2) is 14.5. The molecule has 2 aliphatic rings. The Bertz CT molecular complexity index is 3280. The van der Waals surface area contributed by atoms with Gasteiger partial charge < -0.3 is 9.97 Å². The van der Waals surface area contributed by atoms with Crippen LogP contribution in [-0.2, 0) is 52.0 Å². The molecule has 2 saturated carbocycles. The molecular weight excluding hydrogens is 809 g/mol. The Morgan fingerprint density at radius 1 is 0.780 bits per heavy atom. The lowest BCUT2D eigenvalue weighted by Crippen LogP contribution is -2.43. The van der Waals surface area contributed by atoms with Crippen molar-refractivity contribution in [2.45, 2.75) is 66.8 Å². The molecule has 0 radical (unpaired) electrons. The maximum Gasteiger partial charge on any atom is 0.329 e. The average molecular weight is 843 g/mol. The number of rotatable bonds is 10. The molecule has 0 bridgehead atoms. The first-order valence-corrected chi connectivity index (χ1v) is 20.6. The van der Waals surface area contributed by atoms with Crippen LogP contribution in [0, 0.1) is 13.1 Å². The van der Waals surface area contributed by atoms with Crippen LogP contribution in [0.25, 0.3) is 31.5 Å². The minimum atomic E-state index is -4.38. The van der Waals surface area contributed by atoms with E-state index in [-0.39, 0.29) is 57.5 Å². The van der Waals surface area contributed by atoms with E-state index < -0.39 is 59.8 Å². The van der Waals surface area contributed by atoms with E-state index in [1.54, 1.807) is 37.4 Å². The molecule has 23 heteroatoms. The third-order valence-corrected chi connectivity index (χ3v) is 13.2. The van der Waals surface area contributed by atoms with Gasteiger partial charge in [-0.05, 0) is 36.4 Å². The second-order valence-corrected chi connectivity index (χ2v) is 17.7. The van der Waals surface area contributed by atoms with Crippen LogP contribution in [0.15, 0.2) is 90.2 Å². The standard InChI is InChI=1S/C19H18N6O5S.C17H16N6O4S/c1-12(26)25(19(20-2)6-7-19)31(29,30)14-4-5-16-15(8-14)17(27)24(18(28)22-16)11-13-9-21-23(3)10-13;1-18-17(5-6-17)21-28(26,27)12-3-4-14-13(7-12)15(24)23(16(25)20-14)10-11-8-19-22(2)9-11/h4-5,8-10H,6-7,11H2,1,3H3,(H,22,28);3-4,7-9,21H,5-6,10H2,2H3,(H,20,25). The number of amides is 1. The van der Waals surface area contributed by atoms with Crippen LogP contribution in [0.1, 0.15) is 43.7 Å². The van der Waals surface area contributed by atoms with E-state index in [1.807, 2.05) is 0 Å². The first kappa shape index (κ1) is 40.3. The number of fused-ring (bicyclic) bond motifs is 2. The Morgan fingerprint density at radius 3 is 1.64 bits per heavy atom. The fraction of sp³-hybridized carbons (Fsp3) is 0.306. The lowest BCUT2D eigenvalue weighted by Gasteiger charge is -2.22. The number of hydrogen-bond donors (Lipinski definition) is 3. The molecule has 0 unspecified atom stereocenters. The van der Waals surface area contributed by atoms with Crippen molar-refractivity contribution < 1.29 is 21.6 Å². The molecule has 6 aromatic rings. The van der Waals surface area contributed by atoms with E-state index in [9.17, 15) is 40.8 Å². The Labute approximate surface area is 333 Å². The van der Waals surface area contributed by atoms with Crippen molar-refractivity contribution in [3.8, 4) is 0 Å². The largest absolute Gasteiger partial charge is 0.329 e. The molecule has 0 aliphatic heterocycles. The van der Waals surface area contributed by atoms with Crippen molar-refractivity contribution in [3.63, 3.8) is 0 Å². The molecule has 2 aliphatic carbocycles. The van der Waals surface area contributed by atoms with E-state index in [1.165, 1.54) is 41.2 Å². The molecule has 0 spiro atoms. The van der Waals surface area contributed by atoms with Crippen LogP contribution in [0.3, 0.4) is 0 Å². The van der Waals surface area contributed by atoms with Crippen LogP contribution < -0.4 is 27.2 Å². The molecule has 59 heavy (non-hydrogen) atoms. The van der Waals surface area contributed by atoms with E-state index in [0.29, 0.717) is 28.3 Å². The summed E-state index contributed by atoms with van der Waals surface area (Å²) in [6.07, 6.45) is 7.81. The van der Waals surface area contributed by atoms with Crippen molar-refractivity contribution >= 4 is 47.8 Å². The van der Waals surface area contributed by atoms with Gasteiger partial charge >= 0.3 is 17.0 Å². The predicted molar refractivity (Wildman–Crippen MR) is 209 cm³/mol. The monoisotopic (exact) mass is 842 g/mol. The SMILES string of the molecule is [C-]#[N+]C1(N(C(C)=O)S(=O)(=O)c2ccc3[nH]c(=O)n(Cc4cnn(C)c4)c(=O)c3c2)CC1.[C-]#[N+]C1(NS(=O)(=O)c2ccc3[nH]c(=O)n(Cc4cnn(C)c4)c(=O)c3c2)CC1. The normalized spacial score (nSPS) is 15.1. The summed E-state index contributed by atoms with van der Waals surface area (Å²) in [6, 6.07) is 7.52. The maximum atomic E-state index is 13.2. The smallest absolute Gasteiger partial charge is 0.307 e. The quantitative estimate of drug-likeness (QED) is 0.161. The van der Waals surface area contributed by atoms with Gasteiger partial charge in [-0.2, -0.15) is 14.5 Å². The highest BCUT2D eigenvalue weighted by Gasteiger charge is 2.62. The van der Waals surface area contributed by atoms with Gasteiger partial charge in [-0.3, -0.25) is 42.6 Å². The highest BCUT2D eigenvalue weighted by atomic mass is 32.2. The number of benzene rings is 2. The summed E-state index contributed by atoms with van der Waals surface area (Å²) in [5, 5.41) is 8.05. The van der Waals surface area contributed by atoms with Crippen molar-refractivity contribution in [1.29, 1.82) is 0 Å². The number of H-pyrrole nitrogens is 2. The second-order valence-electron chi connectivity index (χ2n) is 14.2. The van der Waals surface area contributed by atoms with Crippen molar-refractivity contribution in [1.82, 2.24) is 47.7 Å². The zero-order chi connectivity index (χ0) is 42.7. The van der Waals surface area contributed by atoms with Gasteiger partial charge in [0.15, 0.2) is 0 Å². The summed E-state index contributed by atoms with van der Waals surface area (Å²) in [4.78, 5) is 74.1. The molecule has 2 fully saturated rings. The predicted octanol–water partition coefficient (Wildman–Crippen LogP) is 0.577. The number of hydrogen-bond acceptors (Lipinski definition) is 11. The van der Waals surface area contributed by atoms with E-state index in [0.717, 1.165) is 22.1 Å². The minimum absolute atomic E-state index is 0.00794. The van der Waals surface area contributed by atoms with E-state index in [2.05, 4.69) is 34.6 Å². The topological polar surface area (TPSA) is 255 Å². The van der Waals surface area contributed by atoms with Crippen LogP contribution >= 0.6 is 0 Å². The number of carbonyl (C=O) groups excluding carboxylic acids is 1. The molecule has 4 heterocycles. The summed E-state index contributed by atoms with van der Waals surface area (Å²) >= 11 is 0. The first-order valence-electron chi connectivity index (χ1n) is 17.7. The minimum Gasteiger partial charge on any atom is -0.307 e. The molecule has 0 atom stereocenters. The molecule has 3 N–H and O–H groups in total. The molecule has 1 amide bonds. The molecule has 0 saturated heterocycles. The van der Waals surface area contributed by atoms with Crippen LogP contribution in [0.5, 0.6) is 0 Å². The Morgan fingerprint density at radius 2 is 1.25 bits per heavy atom. The van der Waals surface area contributed by atoms with Crippen molar-refractivity contribution in [2.75, 3.05) is 0 Å². The van der Waals surface area contributed by atoms with E-state index >= 15 is 0 Å². The third kappa shape index (κ3) is 7.61. The van der Waals surface area contributed by atoms with Gasteiger partial charge in [-0.15, -0.1) is 4.72 Å². The zero-order valence-electron chi connectivity index (χ0n) is 31.5. The highest BCUT2D eigenvalue weighted by Crippen LogP contribution is 2.46. The highest BCUT2D eigenvalue weighted by molar-refractivity contribution is 7.90. The summed E-state index contributed by atoms with van der Waals surface area (Å²) < 4.78 is 59.6. The van der Waals surface area contributed by atoms with Gasteiger partial charge in [0, 0.05) is 44.5 Å². The van der Waals surface area contributed by atoms with Crippen LogP contribution in [0.4, 0.5) is 0 Å². The number of aryl methyl sites for hydroxylation is 2. The average Bonchev–Trinajstić information content (AvgIpc) is 4.06. The van der Waals surface area contributed by atoms with Gasteiger partial charge in [-0.25, -0.2) is 39.6 Å². The van der Waals surface area contributed by atoms with Gasteiger partial charge in [0.25, 0.3) is 26.8 Å². The number of aromatic nitrogens is 8. The zero-order valence-corrected chi connectivity index (χ0v) is 33.2. The first-order chi connectivity index (χ1) is 27.8. The van der Waals surface area contributed by atoms with Gasteiger partial charge in [0.1, 0.15) is 0 Å². The van der Waals surface area contributed by atoms with Gasteiger partial charge in [0.2, 0.25) is 15.9 Å². The van der Waals surface area contributed by atoms with Crippen LogP contribution in [-0.4, -0.2) is 77.0 Å². The summed E-state index contributed by atoms with van der Waals surface area (Å²) in [5.74, 6) is -0.774. The number of sulfonamides is 2. The number of nitrogens with zero attached hydrogens (tertiary/aromatic N) is 9. The molecule has 2 aromatic carbocycles. The molecular formula is C36H34N12O9S2. The Balaban J connectivity index is 0.000000180. The number of nitrogens with one attached hydrogen (secondary N) is 3. The fourth-order valence-corrected chi connectivity index (χ4v) is 9.59. The van der Waals surface area contributed by atoms with Crippen molar-refractivity contribution in [2.24, 2.45) is 14.1 Å². The summed E-state index contributed by atoms with van der Waals surface area (Å²) in [6.45, 7) is 15.5.